The summed E-state index contributed by atoms with van der Waals surface area (Å²) >= 11 is 1.61. The van der Waals surface area contributed by atoms with Crippen LogP contribution in [0.5, 0.6) is 0 Å². The van der Waals surface area contributed by atoms with Gasteiger partial charge in [-0.15, -0.1) is 11.3 Å². The molecule has 1 N–H and O–H groups in total. The Morgan fingerprint density at radius 2 is 1.74 bits per heavy atom. The highest BCUT2D eigenvalue weighted by Crippen LogP contribution is 2.25. The number of nitrogens with one attached hydrogen (secondary N) is 1. The average Bonchev–Trinajstić information content (AvgIpc) is 2.93. The molecule has 0 radical (unpaired) electrons. The molecule has 0 aliphatic rings. The maximum atomic E-state index is 4.25. The van der Waals surface area contributed by atoms with E-state index in [2.05, 4.69) is 20.5 Å². The van der Waals surface area contributed by atoms with Gasteiger partial charge in [0.1, 0.15) is 0 Å². The Hall–Kier alpha value is -2.27. The summed E-state index contributed by atoms with van der Waals surface area (Å²) in [4.78, 5) is 4.24. The average molecular weight is 268 g/mol. The Bertz CT molecular complexity index is 716. The summed E-state index contributed by atoms with van der Waals surface area (Å²) in [5.74, 6) is 0. The third-order valence-electron chi connectivity index (χ3n) is 2.75. The fraction of sp³-hybridized carbons (Fsp3) is 0.0714. The van der Waals surface area contributed by atoms with Crippen molar-refractivity contribution < 1.29 is 0 Å². The lowest BCUT2D eigenvalue weighted by molar-refractivity contribution is 1.23. The normalized spacial score (nSPS) is 11.2. The van der Waals surface area contributed by atoms with Crippen molar-refractivity contribution in [3.8, 4) is 0 Å². The van der Waals surface area contributed by atoms with E-state index in [1.54, 1.807) is 11.3 Å². The van der Waals surface area contributed by atoms with Gasteiger partial charge >= 0.3 is 0 Å². The van der Waals surface area contributed by atoms with Crippen LogP contribution >= 0.6 is 11.3 Å². The molecule has 2 aromatic carbocycles. The number of hydrogen-bond acceptors (Lipinski definition) is 5. The summed E-state index contributed by atoms with van der Waals surface area (Å²) in [6, 6.07) is 13.7. The molecule has 0 aliphatic carbocycles. The van der Waals surface area contributed by atoms with E-state index in [0.717, 1.165) is 27.3 Å². The van der Waals surface area contributed by atoms with Gasteiger partial charge in [-0.3, -0.25) is 0 Å². The standard InChI is InChI=1S/C14H12N4S/c1-15-10-2-4-11(5-3-10)17-18-12-6-7-13-14(8-12)19-9-16-13/h2-9,15H,1H3. The quantitative estimate of drug-likeness (QED) is 0.696. The second-order valence-electron chi connectivity index (χ2n) is 4.00. The summed E-state index contributed by atoms with van der Waals surface area (Å²) in [5, 5.41) is 11.5. The molecule has 3 aromatic rings. The summed E-state index contributed by atoms with van der Waals surface area (Å²) < 4.78 is 1.13. The molecule has 94 valence electrons. The molecule has 4 nitrogen and oxygen atoms in total. The van der Waals surface area contributed by atoms with Crippen LogP contribution in [0.25, 0.3) is 10.2 Å². The molecule has 19 heavy (non-hydrogen) atoms. The van der Waals surface area contributed by atoms with Crippen LogP contribution in [0, 0.1) is 0 Å². The fourth-order valence-electron chi connectivity index (χ4n) is 1.72. The molecule has 0 bridgehead atoms. The zero-order valence-electron chi connectivity index (χ0n) is 10.4. The van der Waals surface area contributed by atoms with E-state index in [0.29, 0.717) is 0 Å². The van der Waals surface area contributed by atoms with Gasteiger partial charge in [-0.25, -0.2) is 4.98 Å². The van der Waals surface area contributed by atoms with Gasteiger partial charge in [0.2, 0.25) is 0 Å². The van der Waals surface area contributed by atoms with Crippen LogP contribution in [0.15, 0.2) is 58.2 Å². The maximum absolute atomic E-state index is 4.25. The van der Waals surface area contributed by atoms with E-state index in [1.807, 2.05) is 55.0 Å². The van der Waals surface area contributed by atoms with Gasteiger partial charge in [0.05, 0.1) is 27.1 Å². The van der Waals surface area contributed by atoms with Crippen molar-refractivity contribution >= 4 is 38.6 Å². The Balaban J connectivity index is 1.84. The Morgan fingerprint density at radius 3 is 2.53 bits per heavy atom. The number of aromatic nitrogens is 1. The van der Waals surface area contributed by atoms with Crippen LogP contribution in [0.2, 0.25) is 0 Å². The van der Waals surface area contributed by atoms with E-state index >= 15 is 0 Å². The third kappa shape index (κ3) is 2.61. The van der Waals surface area contributed by atoms with Crippen molar-refractivity contribution in [3.05, 3.63) is 48.0 Å². The monoisotopic (exact) mass is 268 g/mol. The highest BCUT2D eigenvalue weighted by atomic mass is 32.1. The molecule has 3 rings (SSSR count). The first kappa shape index (κ1) is 11.8. The molecule has 0 saturated carbocycles. The van der Waals surface area contributed by atoms with Gasteiger partial charge in [-0.2, -0.15) is 10.2 Å². The number of rotatable bonds is 3. The largest absolute Gasteiger partial charge is 0.388 e. The SMILES string of the molecule is CNc1ccc(N=Nc2ccc3ncsc3c2)cc1. The van der Waals surface area contributed by atoms with Crippen LogP contribution in [0.4, 0.5) is 17.1 Å². The third-order valence-corrected chi connectivity index (χ3v) is 3.54. The van der Waals surface area contributed by atoms with E-state index in [4.69, 9.17) is 0 Å². The van der Waals surface area contributed by atoms with E-state index in [-0.39, 0.29) is 0 Å². The number of thiazole rings is 1. The zero-order chi connectivity index (χ0) is 13.1. The van der Waals surface area contributed by atoms with Crippen LogP contribution in [-0.2, 0) is 0 Å². The van der Waals surface area contributed by atoms with Crippen molar-refractivity contribution in [2.45, 2.75) is 0 Å². The molecule has 0 atom stereocenters. The molecule has 0 unspecified atom stereocenters. The predicted octanol–water partition coefficient (Wildman–Crippen LogP) is 4.75. The lowest BCUT2D eigenvalue weighted by atomic mass is 10.3. The molecule has 0 aliphatic heterocycles. The lowest BCUT2D eigenvalue weighted by Gasteiger charge is -1.98. The molecule has 1 aromatic heterocycles. The van der Waals surface area contributed by atoms with Gasteiger partial charge < -0.3 is 5.32 Å². The summed E-state index contributed by atoms with van der Waals surface area (Å²) in [6.45, 7) is 0. The minimum absolute atomic E-state index is 0.836. The number of benzene rings is 2. The van der Waals surface area contributed by atoms with Gasteiger partial charge in [-0.05, 0) is 42.5 Å². The summed E-state index contributed by atoms with van der Waals surface area (Å²) in [6.07, 6.45) is 0. The number of azo groups is 1. The fourth-order valence-corrected chi connectivity index (χ4v) is 2.43. The molecule has 0 spiro atoms. The predicted molar refractivity (Wildman–Crippen MR) is 79.8 cm³/mol. The highest BCUT2D eigenvalue weighted by Gasteiger charge is 1.97. The van der Waals surface area contributed by atoms with Crippen molar-refractivity contribution in [1.82, 2.24) is 4.98 Å². The van der Waals surface area contributed by atoms with Crippen molar-refractivity contribution in [3.63, 3.8) is 0 Å². The van der Waals surface area contributed by atoms with Gasteiger partial charge in [0.25, 0.3) is 0 Å². The number of hydrogen-bond donors (Lipinski definition) is 1. The first-order valence-electron chi connectivity index (χ1n) is 5.88. The topological polar surface area (TPSA) is 49.6 Å². The molecule has 1 heterocycles. The Morgan fingerprint density at radius 1 is 1.00 bits per heavy atom. The van der Waals surface area contributed by atoms with E-state index in [9.17, 15) is 0 Å². The van der Waals surface area contributed by atoms with Crippen LogP contribution < -0.4 is 5.32 Å². The Labute approximate surface area is 114 Å². The van der Waals surface area contributed by atoms with Gasteiger partial charge in [0.15, 0.2) is 0 Å². The van der Waals surface area contributed by atoms with E-state index in [1.165, 1.54) is 0 Å². The first-order valence-corrected chi connectivity index (χ1v) is 6.76. The molecular weight excluding hydrogens is 256 g/mol. The summed E-state index contributed by atoms with van der Waals surface area (Å²) in [5.41, 5.74) is 5.58. The lowest BCUT2D eigenvalue weighted by Crippen LogP contribution is -1.84. The minimum Gasteiger partial charge on any atom is -0.388 e. The van der Waals surface area contributed by atoms with Crippen LogP contribution in [-0.4, -0.2) is 12.0 Å². The second-order valence-corrected chi connectivity index (χ2v) is 4.89. The van der Waals surface area contributed by atoms with Crippen molar-refractivity contribution in [2.75, 3.05) is 12.4 Å². The summed E-state index contributed by atoms with van der Waals surface area (Å²) in [7, 11) is 1.89. The van der Waals surface area contributed by atoms with Crippen molar-refractivity contribution in [2.24, 2.45) is 10.2 Å². The Kier molecular flexibility index (Phi) is 3.20. The molecule has 0 fully saturated rings. The zero-order valence-corrected chi connectivity index (χ0v) is 11.2. The second kappa shape index (κ2) is 5.16. The molecule has 0 saturated heterocycles. The molecule has 5 heteroatoms. The number of nitrogens with zero attached hydrogens (tertiary/aromatic N) is 3. The van der Waals surface area contributed by atoms with Crippen LogP contribution in [0.3, 0.4) is 0 Å². The molecule has 0 amide bonds. The van der Waals surface area contributed by atoms with Gasteiger partial charge in [0, 0.05) is 12.7 Å². The van der Waals surface area contributed by atoms with Crippen molar-refractivity contribution in [1.29, 1.82) is 0 Å². The van der Waals surface area contributed by atoms with Crippen LogP contribution in [0.1, 0.15) is 0 Å². The number of fused-ring (bicyclic) bond motifs is 1. The molecular formula is C14H12N4S. The number of anilines is 1. The maximum Gasteiger partial charge on any atom is 0.0872 e. The van der Waals surface area contributed by atoms with E-state index < -0.39 is 0 Å². The smallest absolute Gasteiger partial charge is 0.0872 e. The van der Waals surface area contributed by atoms with Gasteiger partial charge in [-0.1, -0.05) is 0 Å². The first-order chi connectivity index (χ1) is 9.35. The highest BCUT2D eigenvalue weighted by molar-refractivity contribution is 7.16. The minimum atomic E-state index is 0.836.